The minimum Gasteiger partial charge on any atom is -0.484 e. The first-order valence-corrected chi connectivity index (χ1v) is 6.78. The lowest BCUT2D eigenvalue weighted by Gasteiger charge is -2.22. The Morgan fingerprint density at radius 2 is 2.06 bits per heavy atom. The summed E-state index contributed by atoms with van der Waals surface area (Å²) in [6.45, 7) is 0.123. The molecule has 96 valence electrons. The van der Waals surface area contributed by atoms with Crippen LogP contribution in [-0.4, -0.2) is 18.6 Å². The zero-order valence-electron chi connectivity index (χ0n) is 10.5. The van der Waals surface area contributed by atoms with Gasteiger partial charge < -0.3 is 10.1 Å². The van der Waals surface area contributed by atoms with Gasteiger partial charge in [-0.15, -0.1) is 0 Å². The van der Waals surface area contributed by atoms with Crippen molar-refractivity contribution >= 4 is 5.91 Å². The fraction of sp³-hybridized carbons (Fsp3) is 0.533. The number of nitrogens with one attached hydrogen (secondary N) is 1. The summed E-state index contributed by atoms with van der Waals surface area (Å²) >= 11 is 0. The van der Waals surface area contributed by atoms with Gasteiger partial charge in [0.15, 0.2) is 6.61 Å². The Balaban J connectivity index is 1.45. The van der Waals surface area contributed by atoms with Crippen LogP contribution in [0.1, 0.15) is 25.7 Å². The maximum absolute atomic E-state index is 11.8. The third-order valence-corrected chi connectivity index (χ3v) is 4.20. The summed E-state index contributed by atoms with van der Waals surface area (Å²) in [5, 5.41) is 3.12. The smallest absolute Gasteiger partial charge is 0.258 e. The van der Waals surface area contributed by atoms with Crippen molar-refractivity contribution in [3.05, 3.63) is 30.3 Å². The molecular weight excluding hydrogens is 226 g/mol. The maximum Gasteiger partial charge on any atom is 0.258 e. The molecule has 2 fully saturated rings. The topological polar surface area (TPSA) is 38.3 Å². The van der Waals surface area contributed by atoms with Crippen LogP contribution in [0, 0.1) is 11.8 Å². The lowest BCUT2D eigenvalue weighted by molar-refractivity contribution is -0.124. The van der Waals surface area contributed by atoms with Crippen molar-refractivity contribution in [1.29, 1.82) is 0 Å². The van der Waals surface area contributed by atoms with Gasteiger partial charge in [-0.1, -0.05) is 24.6 Å². The molecule has 0 radical (unpaired) electrons. The summed E-state index contributed by atoms with van der Waals surface area (Å²) in [7, 11) is 0. The lowest BCUT2D eigenvalue weighted by atomic mass is 9.95. The maximum atomic E-state index is 11.8. The van der Waals surface area contributed by atoms with Crippen LogP contribution in [0.5, 0.6) is 5.75 Å². The molecule has 3 atom stereocenters. The van der Waals surface area contributed by atoms with E-state index >= 15 is 0 Å². The van der Waals surface area contributed by atoms with Crippen LogP contribution in [0.25, 0.3) is 0 Å². The molecule has 1 aromatic carbocycles. The molecule has 3 nitrogen and oxygen atoms in total. The second-order valence-electron chi connectivity index (χ2n) is 5.45. The third-order valence-electron chi connectivity index (χ3n) is 4.20. The van der Waals surface area contributed by atoms with Gasteiger partial charge in [-0.3, -0.25) is 4.79 Å². The highest BCUT2D eigenvalue weighted by atomic mass is 16.5. The first-order chi connectivity index (χ1) is 8.81. The van der Waals surface area contributed by atoms with E-state index < -0.39 is 0 Å². The van der Waals surface area contributed by atoms with Crippen molar-refractivity contribution in [2.45, 2.75) is 31.7 Å². The first-order valence-electron chi connectivity index (χ1n) is 6.78. The molecular formula is C15H19NO2. The van der Waals surface area contributed by atoms with Crippen molar-refractivity contribution in [1.82, 2.24) is 5.32 Å². The molecule has 2 aliphatic rings. The van der Waals surface area contributed by atoms with E-state index in [1.807, 2.05) is 30.3 Å². The molecule has 0 spiro atoms. The molecule has 0 unspecified atom stereocenters. The zero-order valence-corrected chi connectivity index (χ0v) is 10.5. The van der Waals surface area contributed by atoms with Gasteiger partial charge in [0.05, 0.1) is 0 Å². The van der Waals surface area contributed by atoms with Crippen molar-refractivity contribution in [3.8, 4) is 5.75 Å². The number of hydrogen-bond acceptors (Lipinski definition) is 2. The van der Waals surface area contributed by atoms with Crippen LogP contribution >= 0.6 is 0 Å². The van der Waals surface area contributed by atoms with E-state index in [2.05, 4.69) is 5.32 Å². The molecule has 2 bridgehead atoms. The fourth-order valence-electron chi connectivity index (χ4n) is 3.34. The van der Waals surface area contributed by atoms with Crippen LogP contribution in [0.15, 0.2) is 30.3 Å². The summed E-state index contributed by atoms with van der Waals surface area (Å²) in [6, 6.07) is 9.88. The normalized spacial score (nSPS) is 29.2. The highest BCUT2D eigenvalue weighted by Crippen LogP contribution is 2.44. The number of carbonyl (C=O) groups excluding carboxylic acids is 1. The van der Waals surface area contributed by atoms with E-state index in [-0.39, 0.29) is 12.5 Å². The molecule has 2 aliphatic carbocycles. The summed E-state index contributed by atoms with van der Waals surface area (Å²) in [6.07, 6.45) is 5.12. The molecule has 1 N–H and O–H groups in total. The summed E-state index contributed by atoms with van der Waals surface area (Å²) in [4.78, 5) is 11.8. The quantitative estimate of drug-likeness (QED) is 0.884. The van der Waals surface area contributed by atoms with Crippen LogP contribution < -0.4 is 10.1 Å². The molecule has 0 heterocycles. The first kappa shape index (κ1) is 11.6. The van der Waals surface area contributed by atoms with Gasteiger partial charge in [0.25, 0.3) is 5.91 Å². The van der Waals surface area contributed by atoms with Gasteiger partial charge in [0.2, 0.25) is 0 Å². The Bertz CT molecular complexity index is 418. The lowest BCUT2D eigenvalue weighted by Crippen LogP contribution is -2.40. The van der Waals surface area contributed by atoms with E-state index in [4.69, 9.17) is 4.74 Å². The molecule has 3 rings (SSSR count). The highest BCUT2D eigenvalue weighted by Gasteiger charge is 2.39. The largest absolute Gasteiger partial charge is 0.484 e. The molecule has 0 aromatic heterocycles. The van der Waals surface area contributed by atoms with Crippen LogP contribution in [-0.2, 0) is 4.79 Å². The molecule has 0 saturated heterocycles. The van der Waals surface area contributed by atoms with Gasteiger partial charge in [-0.05, 0) is 43.2 Å². The number of benzene rings is 1. The molecule has 1 aromatic rings. The van der Waals surface area contributed by atoms with E-state index in [0.717, 1.165) is 17.6 Å². The van der Waals surface area contributed by atoms with Crippen LogP contribution in [0.2, 0.25) is 0 Å². The van der Waals surface area contributed by atoms with Crippen LogP contribution in [0.4, 0.5) is 0 Å². The van der Waals surface area contributed by atoms with Gasteiger partial charge in [-0.2, -0.15) is 0 Å². The number of carbonyl (C=O) groups is 1. The van der Waals surface area contributed by atoms with Gasteiger partial charge in [-0.25, -0.2) is 0 Å². The second-order valence-corrected chi connectivity index (χ2v) is 5.45. The molecule has 2 saturated carbocycles. The number of ether oxygens (including phenoxy) is 1. The van der Waals surface area contributed by atoms with Crippen molar-refractivity contribution in [3.63, 3.8) is 0 Å². The summed E-state index contributed by atoms with van der Waals surface area (Å²) in [5.41, 5.74) is 0. The predicted octanol–water partition coefficient (Wildman–Crippen LogP) is 2.37. The average molecular weight is 245 g/mol. The Morgan fingerprint density at radius 3 is 2.72 bits per heavy atom. The number of rotatable bonds is 4. The van der Waals surface area contributed by atoms with Crippen LogP contribution in [0.3, 0.4) is 0 Å². The Morgan fingerprint density at radius 1 is 1.22 bits per heavy atom. The monoisotopic (exact) mass is 245 g/mol. The van der Waals surface area contributed by atoms with Gasteiger partial charge in [0, 0.05) is 6.04 Å². The van der Waals surface area contributed by atoms with E-state index in [9.17, 15) is 4.79 Å². The highest BCUT2D eigenvalue weighted by molar-refractivity contribution is 5.77. The van der Waals surface area contributed by atoms with Gasteiger partial charge >= 0.3 is 0 Å². The second kappa shape index (κ2) is 5.01. The predicted molar refractivity (Wildman–Crippen MR) is 69.3 cm³/mol. The number of para-hydroxylation sites is 1. The van der Waals surface area contributed by atoms with E-state index in [0.29, 0.717) is 6.04 Å². The number of hydrogen-bond donors (Lipinski definition) is 1. The number of fused-ring (bicyclic) bond motifs is 2. The Hall–Kier alpha value is -1.51. The summed E-state index contributed by atoms with van der Waals surface area (Å²) < 4.78 is 5.45. The Kier molecular flexibility index (Phi) is 3.22. The third kappa shape index (κ3) is 2.50. The van der Waals surface area contributed by atoms with Crippen molar-refractivity contribution in [2.75, 3.05) is 6.61 Å². The molecule has 18 heavy (non-hydrogen) atoms. The minimum atomic E-state index is 0.0106. The Labute approximate surface area is 108 Å². The zero-order chi connectivity index (χ0) is 12.4. The molecule has 3 heteroatoms. The van der Waals surface area contributed by atoms with Gasteiger partial charge in [0.1, 0.15) is 5.75 Å². The van der Waals surface area contributed by atoms with Crippen molar-refractivity contribution < 1.29 is 9.53 Å². The molecule has 1 amide bonds. The van der Waals surface area contributed by atoms with Crippen molar-refractivity contribution in [2.24, 2.45) is 11.8 Å². The average Bonchev–Trinajstić information content (AvgIpc) is 3.00. The summed E-state index contributed by atoms with van der Waals surface area (Å²) in [5.74, 6) is 2.34. The minimum absolute atomic E-state index is 0.0106. The standard InChI is InChI=1S/C15H19NO2/c17-15(10-18-13-4-2-1-3-5-13)16-14-9-11-6-7-12(14)8-11/h1-5,11-12,14H,6-10H2,(H,16,17)/t11-,12-,14-/m0/s1. The molecule has 0 aliphatic heterocycles. The van der Waals surface area contributed by atoms with E-state index in [1.165, 1.54) is 25.7 Å². The fourth-order valence-corrected chi connectivity index (χ4v) is 3.34. The number of amides is 1. The SMILES string of the molecule is O=C(COc1ccccc1)N[C@H]1C[C@H]2CC[C@H]1C2. The van der Waals surface area contributed by atoms with E-state index in [1.54, 1.807) is 0 Å².